The molecule has 0 radical (unpaired) electrons. The summed E-state index contributed by atoms with van der Waals surface area (Å²) in [4.78, 5) is 17.3. The first-order chi connectivity index (χ1) is 13.3. The van der Waals surface area contributed by atoms with Crippen molar-refractivity contribution in [1.82, 2.24) is 10.3 Å². The van der Waals surface area contributed by atoms with Gasteiger partial charge in [0.25, 0.3) is 5.91 Å². The van der Waals surface area contributed by atoms with Crippen LogP contribution in [0.3, 0.4) is 0 Å². The fraction of sp³-hybridized carbons (Fsp3) is 0.263. The molecule has 0 atom stereocenters. The van der Waals surface area contributed by atoms with Crippen LogP contribution < -0.4 is 5.32 Å². The van der Waals surface area contributed by atoms with Crippen LogP contribution in [0.15, 0.2) is 34.8 Å². The Labute approximate surface area is 169 Å². The number of carbonyl (C=O) groups excluding carboxylic acids is 1. The van der Waals surface area contributed by atoms with Crippen molar-refractivity contribution in [2.75, 3.05) is 0 Å². The molecule has 28 heavy (non-hydrogen) atoms. The minimum Gasteiger partial charge on any atom is -0.507 e. The molecular weight excluding hydrogens is 410 g/mol. The SMILES string of the molecule is CCc1nc(-c2cc(O)c(C(=O)NC3=C(Cl)CCC=C3F)cc2F)sc1CO. The third-order valence-corrected chi connectivity index (χ3v) is 5.75. The monoisotopic (exact) mass is 426 g/mol. The summed E-state index contributed by atoms with van der Waals surface area (Å²) in [5.74, 6) is -2.81. The number of aryl methyl sites for hydroxylation is 1. The molecule has 1 amide bonds. The summed E-state index contributed by atoms with van der Waals surface area (Å²) in [6.07, 6.45) is 2.65. The lowest BCUT2D eigenvalue weighted by Crippen LogP contribution is -2.25. The number of rotatable bonds is 5. The van der Waals surface area contributed by atoms with E-state index in [-0.39, 0.29) is 33.5 Å². The van der Waals surface area contributed by atoms with Crippen molar-refractivity contribution >= 4 is 28.8 Å². The number of phenolic OH excluding ortho intramolecular Hbond substituents is 1. The predicted octanol–water partition coefficient (Wildman–Crippen LogP) is 4.54. The van der Waals surface area contributed by atoms with Crippen LogP contribution >= 0.6 is 22.9 Å². The third-order valence-electron chi connectivity index (χ3n) is 4.25. The molecule has 9 heteroatoms. The summed E-state index contributed by atoms with van der Waals surface area (Å²) in [6.45, 7) is 1.64. The molecule has 1 aromatic carbocycles. The van der Waals surface area contributed by atoms with E-state index in [1.807, 2.05) is 6.92 Å². The van der Waals surface area contributed by atoms with Crippen LogP contribution in [0.2, 0.25) is 0 Å². The molecule has 1 aromatic heterocycles. The number of aromatic hydroxyl groups is 1. The Morgan fingerprint density at radius 2 is 2.14 bits per heavy atom. The van der Waals surface area contributed by atoms with E-state index in [9.17, 15) is 23.8 Å². The van der Waals surface area contributed by atoms with Gasteiger partial charge in [-0.2, -0.15) is 0 Å². The maximum Gasteiger partial charge on any atom is 0.259 e. The summed E-state index contributed by atoms with van der Waals surface area (Å²) in [6, 6.07) is 1.96. The van der Waals surface area contributed by atoms with E-state index in [2.05, 4.69) is 10.3 Å². The Morgan fingerprint density at radius 3 is 2.75 bits per heavy atom. The molecule has 0 saturated heterocycles. The molecule has 2 aromatic rings. The number of nitrogens with one attached hydrogen (secondary N) is 1. The number of allylic oxidation sites excluding steroid dienone is 3. The van der Waals surface area contributed by atoms with Crippen LogP contribution in [0.4, 0.5) is 8.78 Å². The molecule has 0 saturated carbocycles. The number of benzene rings is 1. The Morgan fingerprint density at radius 1 is 1.39 bits per heavy atom. The molecule has 1 heterocycles. The van der Waals surface area contributed by atoms with Crippen LogP contribution in [0.1, 0.15) is 40.7 Å². The highest BCUT2D eigenvalue weighted by Gasteiger charge is 2.23. The van der Waals surface area contributed by atoms with Crippen molar-refractivity contribution in [3.63, 3.8) is 0 Å². The fourth-order valence-electron chi connectivity index (χ4n) is 2.80. The lowest BCUT2D eigenvalue weighted by molar-refractivity contribution is 0.0961. The molecule has 148 valence electrons. The quantitative estimate of drug-likeness (QED) is 0.655. The number of halogens is 3. The predicted molar refractivity (Wildman–Crippen MR) is 103 cm³/mol. The van der Waals surface area contributed by atoms with Crippen LogP contribution in [0.5, 0.6) is 5.75 Å². The normalized spacial score (nSPS) is 14.2. The molecule has 0 unspecified atom stereocenters. The number of aliphatic hydroxyl groups excluding tert-OH is 1. The van der Waals surface area contributed by atoms with Gasteiger partial charge in [0.1, 0.15) is 22.4 Å². The molecular formula is C19H17ClF2N2O3S. The third kappa shape index (κ3) is 3.94. The lowest BCUT2D eigenvalue weighted by atomic mass is 10.1. The smallest absolute Gasteiger partial charge is 0.259 e. The highest BCUT2D eigenvalue weighted by molar-refractivity contribution is 7.15. The van der Waals surface area contributed by atoms with Gasteiger partial charge in [0.05, 0.1) is 28.4 Å². The zero-order chi connectivity index (χ0) is 20.4. The Balaban J connectivity index is 1.93. The van der Waals surface area contributed by atoms with Crippen molar-refractivity contribution in [2.24, 2.45) is 0 Å². The summed E-state index contributed by atoms with van der Waals surface area (Å²) in [7, 11) is 0. The summed E-state index contributed by atoms with van der Waals surface area (Å²) >= 11 is 7.06. The average molecular weight is 427 g/mol. The number of hydrogen-bond donors (Lipinski definition) is 3. The first kappa shape index (κ1) is 20.4. The molecule has 1 aliphatic rings. The van der Waals surface area contributed by atoms with E-state index in [0.29, 0.717) is 29.8 Å². The van der Waals surface area contributed by atoms with E-state index in [1.54, 1.807) is 0 Å². The number of nitrogens with zero attached hydrogens (tertiary/aromatic N) is 1. The van der Waals surface area contributed by atoms with E-state index in [1.165, 1.54) is 6.08 Å². The van der Waals surface area contributed by atoms with E-state index in [0.717, 1.165) is 23.5 Å². The highest BCUT2D eigenvalue weighted by Crippen LogP contribution is 2.34. The van der Waals surface area contributed by atoms with Crippen molar-refractivity contribution in [3.8, 4) is 16.3 Å². The molecule has 0 aliphatic heterocycles. The second kappa shape index (κ2) is 8.38. The number of amides is 1. The second-order valence-electron chi connectivity index (χ2n) is 6.07. The number of carbonyl (C=O) groups is 1. The number of aromatic nitrogens is 1. The van der Waals surface area contributed by atoms with Gasteiger partial charge >= 0.3 is 0 Å². The van der Waals surface area contributed by atoms with Crippen molar-refractivity contribution in [3.05, 3.63) is 56.7 Å². The molecule has 0 fully saturated rings. The Bertz CT molecular complexity index is 980. The maximum atomic E-state index is 14.6. The standard InChI is InChI=1S/C19H17ClF2N2O3S/c1-2-14-16(8-25)28-19(23-14)9-7-15(26)10(6-13(9)22)18(27)24-17-11(20)4-3-5-12(17)21/h5-7,25-26H,2-4,8H2,1H3,(H,24,27). The van der Waals surface area contributed by atoms with Gasteiger partial charge in [-0.15, -0.1) is 11.3 Å². The first-order valence-electron chi connectivity index (χ1n) is 8.54. The van der Waals surface area contributed by atoms with E-state index < -0.39 is 23.3 Å². The molecule has 3 N–H and O–H groups in total. The maximum absolute atomic E-state index is 14.6. The summed E-state index contributed by atoms with van der Waals surface area (Å²) in [5.41, 5.74) is 0.118. The number of hydrogen-bond acceptors (Lipinski definition) is 5. The van der Waals surface area contributed by atoms with Crippen LogP contribution in [0.25, 0.3) is 10.6 Å². The summed E-state index contributed by atoms with van der Waals surface area (Å²) < 4.78 is 28.5. The first-order valence-corrected chi connectivity index (χ1v) is 9.73. The molecule has 3 rings (SSSR count). The molecule has 5 nitrogen and oxygen atoms in total. The van der Waals surface area contributed by atoms with Gasteiger partial charge in [-0.05, 0) is 37.5 Å². The number of phenols is 1. The summed E-state index contributed by atoms with van der Waals surface area (Å²) in [5, 5.41) is 22.3. The topological polar surface area (TPSA) is 82.5 Å². The van der Waals surface area contributed by atoms with Crippen LogP contribution in [0, 0.1) is 5.82 Å². The van der Waals surface area contributed by atoms with Gasteiger partial charge in [-0.25, -0.2) is 13.8 Å². The minimum absolute atomic E-state index is 0.00874. The van der Waals surface area contributed by atoms with Gasteiger partial charge in [-0.3, -0.25) is 4.79 Å². The Hall–Kier alpha value is -2.29. The minimum atomic E-state index is -0.883. The number of aliphatic hydroxyl groups is 1. The van der Waals surface area contributed by atoms with E-state index in [4.69, 9.17) is 11.6 Å². The molecule has 0 bridgehead atoms. The van der Waals surface area contributed by atoms with Crippen molar-refractivity contribution < 1.29 is 23.8 Å². The average Bonchev–Trinajstić information content (AvgIpc) is 3.09. The highest BCUT2D eigenvalue weighted by atomic mass is 35.5. The largest absolute Gasteiger partial charge is 0.507 e. The Kier molecular flexibility index (Phi) is 6.12. The van der Waals surface area contributed by atoms with Gasteiger partial charge in [0.2, 0.25) is 0 Å². The second-order valence-corrected chi connectivity index (χ2v) is 7.61. The zero-order valence-electron chi connectivity index (χ0n) is 14.9. The van der Waals surface area contributed by atoms with Crippen molar-refractivity contribution in [2.45, 2.75) is 32.8 Å². The van der Waals surface area contributed by atoms with Gasteiger partial charge < -0.3 is 15.5 Å². The van der Waals surface area contributed by atoms with E-state index >= 15 is 0 Å². The van der Waals surface area contributed by atoms with Gasteiger partial charge in [-0.1, -0.05) is 18.5 Å². The van der Waals surface area contributed by atoms with Crippen molar-refractivity contribution in [1.29, 1.82) is 0 Å². The lowest BCUT2D eigenvalue weighted by Gasteiger charge is -2.15. The number of thiazole rings is 1. The van der Waals surface area contributed by atoms with Gasteiger partial charge in [0, 0.05) is 10.6 Å². The zero-order valence-corrected chi connectivity index (χ0v) is 16.4. The van der Waals surface area contributed by atoms with Crippen LogP contribution in [-0.2, 0) is 13.0 Å². The van der Waals surface area contributed by atoms with Gasteiger partial charge in [0.15, 0.2) is 0 Å². The fourth-order valence-corrected chi connectivity index (χ4v) is 4.07. The van der Waals surface area contributed by atoms with Crippen LogP contribution in [-0.4, -0.2) is 21.1 Å². The molecule has 0 spiro atoms. The molecule has 1 aliphatic carbocycles.